The summed E-state index contributed by atoms with van der Waals surface area (Å²) in [6.07, 6.45) is 1.58. The first kappa shape index (κ1) is 12.7. The van der Waals surface area contributed by atoms with Crippen molar-refractivity contribution in [2.24, 2.45) is 0 Å². The minimum atomic E-state index is -4.22. The van der Waals surface area contributed by atoms with Crippen molar-refractivity contribution in [3.63, 3.8) is 0 Å². The van der Waals surface area contributed by atoms with Crippen molar-refractivity contribution in [2.45, 2.75) is 11.3 Å². The van der Waals surface area contributed by atoms with Gasteiger partial charge >= 0.3 is 5.51 Å². The van der Waals surface area contributed by atoms with E-state index in [-0.39, 0.29) is 17.5 Å². The molecule has 2 rings (SSSR count). The Hall–Kier alpha value is -0.750. The van der Waals surface area contributed by atoms with E-state index in [1.54, 1.807) is 18.3 Å². The number of alkyl halides is 3. The van der Waals surface area contributed by atoms with Crippen molar-refractivity contribution in [3.8, 4) is 0 Å². The monoisotopic (exact) mass is 321 g/mol. The molecule has 0 saturated heterocycles. The van der Waals surface area contributed by atoms with Gasteiger partial charge in [0, 0.05) is 21.8 Å². The Balaban J connectivity index is 2.39. The summed E-state index contributed by atoms with van der Waals surface area (Å²) in [7, 11) is 0. The fourth-order valence-electron chi connectivity index (χ4n) is 1.50. The van der Waals surface area contributed by atoms with Gasteiger partial charge in [-0.1, -0.05) is 22.0 Å². The number of benzene rings is 1. The summed E-state index contributed by atoms with van der Waals surface area (Å²) in [4.78, 5) is 4.12. The minimum Gasteiger partial charge on any atom is -0.256 e. The van der Waals surface area contributed by atoms with E-state index in [1.807, 2.05) is 12.1 Å². The quantitative estimate of drug-likeness (QED) is 0.791. The summed E-state index contributed by atoms with van der Waals surface area (Å²) >= 11 is 3.23. The van der Waals surface area contributed by atoms with Crippen LogP contribution in [0.2, 0.25) is 0 Å². The Kier molecular flexibility index (Phi) is 3.63. The Morgan fingerprint density at radius 2 is 2.06 bits per heavy atom. The molecule has 1 heterocycles. The molecule has 1 nitrogen and oxygen atoms in total. The van der Waals surface area contributed by atoms with E-state index in [4.69, 9.17) is 0 Å². The van der Waals surface area contributed by atoms with Crippen LogP contribution in [0.25, 0.3) is 10.9 Å². The van der Waals surface area contributed by atoms with Gasteiger partial charge in [0.2, 0.25) is 0 Å². The van der Waals surface area contributed by atoms with E-state index in [1.165, 1.54) is 0 Å². The van der Waals surface area contributed by atoms with E-state index < -0.39 is 5.51 Å². The summed E-state index contributed by atoms with van der Waals surface area (Å²) in [5, 5.41) is 0.833. The molecule has 0 unspecified atom stereocenters. The van der Waals surface area contributed by atoms with Gasteiger partial charge in [0.1, 0.15) is 0 Å². The zero-order valence-electron chi connectivity index (χ0n) is 8.46. The maximum atomic E-state index is 12.2. The Morgan fingerprint density at radius 1 is 1.29 bits per heavy atom. The molecule has 90 valence electrons. The van der Waals surface area contributed by atoms with Crippen LogP contribution in [-0.4, -0.2) is 10.5 Å². The Bertz CT molecular complexity index is 542. The Labute approximate surface area is 109 Å². The molecule has 1 aromatic carbocycles. The fraction of sp³-hybridized carbons (Fsp3) is 0.182. The van der Waals surface area contributed by atoms with Gasteiger partial charge in [0.25, 0.3) is 0 Å². The number of pyridine rings is 1. The van der Waals surface area contributed by atoms with Gasteiger partial charge in [0.15, 0.2) is 0 Å². The van der Waals surface area contributed by atoms with Crippen LogP contribution in [0.4, 0.5) is 13.2 Å². The predicted octanol–water partition coefficient (Wildman–Crippen LogP) is 4.75. The highest BCUT2D eigenvalue weighted by Crippen LogP contribution is 2.35. The number of halogens is 4. The first-order valence-corrected chi connectivity index (χ1v) is 6.47. The SMILES string of the molecule is FC(F)(F)SCc1cc(Br)cc2cccnc12. The predicted molar refractivity (Wildman–Crippen MR) is 66.8 cm³/mol. The lowest BCUT2D eigenvalue weighted by atomic mass is 10.1. The molecular weight excluding hydrogens is 315 g/mol. The van der Waals surface area contributed by atoms with E-state index in [9.17, 15) is 13.2 Å². The van der Waals surface area contributed by atoms with Crippen LogP contribution in [0, 0.1) is 0 Å². The standard InChI is InChI=1S/C11H7BrF3NS/c12-9-4-7-2-1-3-16-10(7)8(5-9)6-17-11(13,14)15/h1-5H,6H2. The number of thioether (sulfide) groups is 1. The van der Waals surface area contributed by atoms with Gasteiger partial charge in [0.05, 0.1) is 5.52 Å². The topological polar surface area (TPSA) is 12.9 Å². The van der Waals surface area contributed by atoms with Crippen molar-refractivity contribution >= 4 is 38.6 Å². The average molecular weight is 322 g/mol. The number of nitrogens with zero attached hydrogens (tertiary/aromatic N) is 1. The second-order valence-electron chi connectivity index (χ2n) is 3.37. The van der Waals surface area contributed by atoms with Gasteiger partial charge in [-0.3, -0.25) is 4.98 Å². The Morgan fingerprint density at radius 3 is 2.76 bits per heavy atom. The van der Waals surface area contributed by atoms with E-state index in [0.717, 1.165) is 9.86 Å². The fourth-order valence-corrected chi connectivity index (χ4v) is 2.56. The normalized spacial score (nSPS) is 12.0. The van der Waals surface area contributed by atoms with Gasteiger partial charge in [-0.05, 0) is 35.5 Å². The van der Waals surface area contributed by atoms with Crippen LogP contribution in [0.15, 0.2) is 34.9 Å². The highest BCUT2D eigenvalue weighted by atomic mass is 79.9. The molecule has 0 atom stereocenters. The largest absolute Gasteiger partial charge is 0.442 e. The molecule has 17 heavy (non-hydrogen) atoms. The lowest BCUT2D eigenvalue weighted by Crippen LogP contribution is -2.01. The van der Waals surface area contributed by atoms with Crippen LogP contribution >= 0.6 is 27.7 Å². The molecule has 0 radical (unpaired) electrons. The molecule has 0 spiro atoms. The van der Waals surface area contributed by atoms with Crippen LogP contribution in [0.3, 0.4) is 0 Å². The summed E-state index contributed by atoms with van der Waals surface area (Å²) < 4.78 is 37.3. The number of aromatic nitrogens is 1. The molecule has 0 bridgehead atoms. The van der Waals surface area contributed by atoms with Crippen LogP contribution in [-0.2, 0) is 5.75 Å². The highest BCUT2D eigenvalue weighted by molar-refractivity contribution is 9.10. The van der Waals surface area contributed by atoms with Crippen LogP contribution in [0.1, 0.15) is 5.56 Å². The molecule has 0 aliphatic carbocycles. The number of hydrogen-bond acceptors (Lipinski definition) is 2. The molecule has 2 aromatic rings. The van der Waals surface area contributed by atoms with Crippen LogP contribution in [0.5, 0.6) is 0 Å². The molecular formula is C11H7BrF3NS. The molecule has 0 aliphatic rings. The van der Waals surface area contributed by atoms with Crippen molar-refractivity contribution in [1.82, 2.24) is 4.98 Å². The first-order chi connectivity index (χ1) is 7.96. The number of hydrogen-bond donors (Lipinski definition) is 0. The molecule has 1 aromatic heterocycles. The third kappa shape index (κ3) is 3.35. The molecule has 0 saturated carbocycles. The minimum absolute atomic E-state index is 0.0506. The molecule has 0 aliphatic heterocycles. The zero-order valence-corrected chi connectivity index (χ0v) is 10.9. The smallest absolute Gasteiger partial charge is 0.256 e. The molecule has 0 amide bonds. The van der Waals surface area contributed by atoms with Gasteiger partial charge in [-0.15, -0.1) is 0 Å². The van der Waals surface area contributed by atoms with Gasteiger partial charge < -0.3 is 0 Å². The van der Waals surface area contributed by atoms with Gasteiger partial charge in [-0.25, -0.2) is 0 Å². The third-order valence-electron chi connectivity index (χ3n) is 2.14. The lowest BCUT2D eigenvalue weighted by Gasteiger charge is -2.08. The maximum absolute atomic E-state index is 12.2. The summed E-state index contributed by atoms with van der Waals surface area (Å²) in [6.45, 7) is 0. The van der Waals surface area contributed by atoms with E-state index in [2.05, 4.69) is 20.9 Å². The summed E-state index contributed by atoms with van der Waals surface area (Å²) in [5.41, 5.74) is -3.02. The third-order valence-corrected chi connectivity index (χ3v) is 3.38. The second-order valence-corrected chi connectivity index (χ2v) is 5.33. The molecule has 0 fully saturated rings. The average Bonchev–Trinajstić information content (AvgIpc) is 2.24. The van der Waals surface area contributed by atoms with Crippen molar-refractivity contribution in [1.29, 1.82) is 0 Å². The molecule has 0 N–H and O–H groups in total. The summed E-state index contributed by atoms with van der Waals surface area (Å²) in [6, 6.07) is 7.10. The van der Waals surface area contributed by atoms with E-state index in [0.29, 0.717) is 11.1 Å². The number of fused-ring (bicyclic) bond motifs is 1. The van der Waals surface area contributed by atoms with Crippen molar-refractivity contribution < 1.29 is 13.2 Å². The maximum Gasteiger partial charge on any atom is 0.442 e. The van der Waals surface area contributed by atoms with E-state index >= 15 is 0 Å². The number of rotatable bonds is 2. The van der Waals surface area contributed by atoms with Crippen LogP contribution < -0.4 is 0 Å². The lowest BCUT2D eigenvalue weighted by molar-refractivity contribution is -0.0329. The van der Waals surface area contributed by atoms with Gasteiger partial charge in [-0.2, -0.15) is 13.2 Å². The molecule has 6 heteroatoms. The summed E-state index contributed by atoms with van der Waals surface area (Å²) in [5.74, 6) is -0.129. The second kappa shape index (κ2) is 4.86. The zero-order chi connectivity index (χ0) is 12.5. The first-order valence-electron chi connectivity index (χ1n) is 4.69. The van der Waals surface area contributed by atoms with Crippen molar-refractivity contribution in [2.75, 3.05) is 0 Å². The van der Waals surface area contributed by atoms with Crippen molar-refractivity contribution in [3.05, 3.63) is 40.5 Å². The highest BCUT2D eigenvalue weighted by Gasteiger charge is 2.28.